The molecule has 1 amide bonds. The Labute approximate surface area is 203 Å². The Balaban J connectivity index is 0.00000341. The summed E-state index contributed by atoms with van der Waals surface area (Å²) in [6.07, 6.45) is 6.76. The molecule has 168 valence electrons. The molecule has 0 atom stereocenters. The van der Waals surface area contributed by atoms with Crippen LogP contribution in [0.4, 0.5) is 0 Å². The highest BCUT2D eigenvalue weighted by atomic mass is 127. The van der Waals surface area contributed by atoms with E-state index < -0.39 is 0 Å². The largest absolute Gasteiger partial charge is 0.357 e. The van der Waals surface area contributed by atoms with Gasteiger partial charge in [0.15, 0.2) is 5.96 Å². The number of aliphatic imine (C=N–C) groups is 1. The van der Waals surface area contributed by atoms with Crippen LogP contribution in [0, 0.1) is 0 Å². The Hall–Kier alpha value is -2.16. The van der Waals surface area contributed by atoms with Crippen molar-refractivity contribution in [1.29, 1.82) is 0 Å². The summed E-state index contributed by atoms with van der Waals surface area (Å²) in [5, 5.41) is 6.70. The number of hydrogen-bond donors (Lipinski definition) is 2. The number of nitrogens with one attached hydrogen (secondary N) is 2. The van der Waals surface area contributed by atoms with E-state index in [1.54, 1.807) is 0 Å². The highest BCUT2D eigenvalue weighted by Crippen LogP contribution is 2.18. The molecule has 2 N–H and O–H groups in total. The minimum absolute atomic E-state index is 0. The van der Waals surface area contributed by atoms with E-state index in [0.717, 1.165) is 68.2 Å². The van der Waals surface area contributed by atoms with Gasteiger partial charge in [-0.25, -0.2) is 4.99 Å². The second-order valence-corrected chi connectivity index (χ2v) is 7.58. The molecule has 31 heavy (non-hydrogen) atoms. The second-order valence-electron chi connectivity index (χ2n) is 7.58. The van der Waals surface area contributed by atoms with E-state index in [9.17, 15) is 4.79 Å². The van der Waals surface area contributed by atoms with Crippen molar-refractivity contribution in [2.75, 3.05) is 26.2 Å². The van der Waals surface area contributed by atoms with Gasteiger partial charge in [0, 0.05) is 44.4 Å². The van der Waals surface area contributed by atoms with Crippen molar-refractivity contribution in [3.05, 3.63) is 54.2 Å². The third-order valence-electron chi connectivity index (χ3n) is 5.22. The molecule has 1 aromatic carbocycles. The summed E-state index contributed by atoms with van der Waals surface area (Å²) >= 11 is 0. The van der Waals surface area contributed by atoms with Gasteiger partial charge >= 0.3 is 0 Å². The van der Waals surface area contributed by atoms with Gasteiger partial charge in [-0.05, 0) is 49.9 Å². The number of hydrogen-bond acceptors (Lipinski definition) is 3. The molecule has 1 aliphatic rings. The molecule has 7 heteroatoms. The van der Waals surface area contributed by atoms with Crippen LogP contribution in [0.2, 0.25) is 0 Å². The number of aromatic nitrogens is 1. The van der Waals surface area contributed by atoms with Gasteiger partial charge in [0.25, 0.3) is 0 Å². The summed E-state index contributed by atoms with van der Waals surface area (Å²) in [5.74, 6) is 1.11. The molecular weight excluding hydrogens is 501 g/mol. The number of guanidine groups is 1. The highest BCUT2D eigenvalue weighted by molar-refractivity contribution is 14.0. The summed E-state index contributed by atoms with van der Waals surface area (Å²) in [5.41, 5.74) is 3.21. The number of rotatable bonds is 8. The van der Waals surface area contributed by atoms with Crippen LogP contribution in [0.3, 0.4) is 0 Å². The lowest BCUT2D eigenvalue weighted by atomic mass is 10.1. The van der Waals surface area contributed by atoms with Gasteiger partial charge in [-0.3, -0.25) is 9.78 Å². The van der Waals surface area contributed by atoms with Crippen LogP contribution in [0.1, 0.15) is 44.6 Å². The van der Waals surface area contributed by atoms with Crippen LogP contribution in [0.5, 0.6) is 0 Å². The van der Waals surface area contributed by atoms with E-state index >= 15 is 0 Å². The number of likely N-dealkylation sites (tertiary alicyclic amines) is 1. The maximum absolute atomic E-state index is 12.1. The Kier molecular flexibility index (Phi) is 11.3. The van der Waals surface area contributed by atoms with Crippen LogP contribution in [-0.2, 0) is 11.3 Å². The van der Waals surface area contributed by atoms with Crippen LogP contribution in [0.15, 0.2) is 53.7 Å². The van der Waals surface area contributed by atoms with E-state index in [1.165, 1.54) is 6.42 Å². The minimum Gasteiger partial charge on any atom is -0.357 e. The lowest BCUT2D eigenvalue weighted by Gasteiger charge is -2.20. The molecule has 0 bridgehead atoms. The summed E-state index contributed by atoms with van der Waals surface area (Å²) in [6.45, 7) is 5.99. The fraction of sp³-hybridized carbons (Fsp3) is 0.458. The number of pyridine rings is 1. The molecule has 1 aromatic heterocycles. The van der Waals surface area contributed by atoms with Crippen molar-refractivity contribution in [2.45, 2.75) is 45.6 Å². The van der Waals surface area contributed by atoms with Gasteiger partial charge in [-0.15, -0.1) is 24.0 Å². The molecule has 0 unspecified atom stereocenters. The lowest BCUT2D eigenvalue weighted by molar-refractivity contribution is -0.130. The summed E-state index contributed by atoms with van der Waals surface area (Å²) < 4.78 is 0. The predicted octanol–water partition coefficient (Wildman–Crippen LogP) is 4.21. The average Bonchev–Trinajstić information content (AvgIpc) is 2.99. The fourth-order valence-corrected chi connectivity index (χ4v) is 3.63. The molecule has 1 saturated heterocycles. The summed E-state index contributed by atoms with van der Waals surface area (Å²) in [4.78, 5) is 23.3. The minimum atomic E-state index is 0. The molecule has 2 aromatic rings. The molecule has 3 rings (SSSR count). The summed E-state index contributed by atoms with van der Waals surface area (Å²) in [7, 11) is 0. The van der Waals surface area contributed by atoms with Gasteiger partial charge in [-0.1, -0.05) is 30.7 Å². The van der Waals surface area contributed by atoms with Gasteiger partial charge < -0.3 is 15.5 Å². The SMILES string of the molecule is CCNC(=NCc1cccc(-c2ccccn2)c1)NCCCN1CCCCCC1=O.I. The van der Waals surface area contributed by atoms with E-state index in [0.29, 0.717) is 18.9 Å². The molecule has 0 aliphatic carbocycles. The molecule has 0 spiro atoms. The van der Waals surface area contributed by atoms with Crippen molar-refractivity contribution in [3.63, 3.8) is 0 Å². The van der Waals surface area contributed by atoms with Gasteiger partial charge in [0.2, 0.25) is 5.91 Å². The zero-order valence-electron chi connectivity index (χ0n) is 18.3. The number of amides is 1. The highest BCUT2D eigenvalue weighted by Gasteiger charge is 2.15. The topological polar surface area (TPSA) is 69.6 Å². The number of halogens is 1. The fourth-order valence-electron chi connectivity index (χ4n) is 3.63. The van der Waals surface area contributed by atoms with Crippen molar-refractivity contribution >= 4 is 35.8 Å². The molecule has 0 saturated carbocycles. The van der Waals surface area contributed by atoms with Gasteiger partial charge in [-0.2, -0.15) is 0 Å². The zero-order valence-corrected chi connectivity index (χ0v) is 20.7. The second kappa shape index (κ2) is 14.0. The first-order valence-electron chi connectivity index (χ1n) is 11.1. The Morgan fingerprint density at radius 1 is 1.13 bits per heavy atom. The van der Waals surface area contributed by atoms with E-state index in [1.807, 2.05) is 35.4 Å². The van der Waals surface area contributed by atoms with Crippen LogP contribution in [0.25, 0.3) is 11.3 Å². The van der Waals surface area contributed by atoms with E-state index in [4.69, 9.17) is 4.99 Å². The van der Waals surface area contributed by atoms with E-state index in [-0.39, 0.29) is 24.0 Å². The maximum Gasteiger partial charge on any atom is 0.222 e. The predicted molar refractivity (Wildman–Crippen MR) is 138 cm³/mol. The Morgan fingerprint density at radius 3 is 2.84 bits per heavy atom. The van der Waals surface area contributed by atoms with Crippen molar-refractivity contribution < 1.29 is 4.79 Å². The normalized spacial score (nSPS) is 14.5. The lowest BCUT2D eigenvalue weighted by Crippen LogP contribution is -2.39. The van der Waals surface area contributed by atoms with Crippen molar-refractivity contribution in [1.82, 2.24) is 20.5 Å². The molecule has 1 aliphatic heterocycles. The number of carbonyl (C=O) groups is 1. The van der Waals surface area contributed by atoms with E-state index in [2.05, 4.69) is 40.7 Å². The smallest absolute Gasteiger partial charge is 0.222 e. The Morgan fingerprint density at radius 2 is 2.03 bits per heavy atom. The standard InChI is InChI=1S/C24H33N5O.HI/c1-2-25-24(27-15-9-17-29-16-7-3-4-13-23(29)30)28-19-20-10-8-11-21(18-20)22-12-5-6-14-26-22;/h5-6,8,10-12,14,18H,2-4,7,9,13,15-17,19H2,1H3,(H2,25,27,28);1H. The number of benzene rings is 1. The molecule has 1 fully saturated rings. The number of carbonyl (C=O) groups excluding carboxylic acids is 1. The molecule has 0 radical (unpaired) electrons. The first-order valence-corrected chi connectivity index (χ1v) is 11.1. The van der Waals surface area contributed by atoms with Gasteiger partial charge in [0.05, 0.1) is 12.2 Å². The van der Waals surface area contributed by atoms with Crippen LogP contribution in [-0.4, -0.2) is 47.9 Å². The molecule has 2 heterocycles. The van der Waals surface area contributed by atoms with Gasteiger partial charge in [0.1, 0.15) is 0 Å². The Bertz CT molecular complexity index is 828. The number of nitrogens with zero attached hydrogens (tertiary/aromatic N) is 3. The van der Waals surface area contributed by atoms with Crippen LogP contribution >= 0.6 is 24.0 Å². The van der Waals surface area contributed by atoms with Crippen molar-refractivity contribution in [3.8, 4) is 11.3 Å². The maximum atomic E-state index is 12.1. The first kappa shape index (κ1) is 25.1. The molecular formula is C24H34IN5O. The van der Waals surface area contributed by atoms with Crippen molar-refractivity contribution in [2.24, 2.45) is 4.99 Å². The summed E-state index contributed by atoms with van der Waals surface area (Å²) in [6, 6.07) is 14.3. The average molecular weight is 535 g/mol. The quantitative estimate of drug-likeness (QED) is 0.230. The first-order chi connectivity index (χ1) is 14.8. The third-order valence-corrected chi connectivity index (χ3v) is 5.22. The monoisotopic (exact) mass is 535 g/mol. The molecule has 6 nitrogen and oxygen atoms in total. The van der Waals surface area contributed by atoms with Crippen LogP contribution < -0.4 is 10.6 Å². The third kappa shape index (κ3) is 8.47. The zero-order chi connectivity index (χ0) is 21.0.